The van der Waals surface area contributed by atoms with Gasteiger partial charge in [-0.05, 0) is 12.5 Å². The summed E-state index contributed by atoms with van der Waals surface area (Å²) >= 11 is 0. The van der Waals surface area contributed by atoms with Gasteiger partial charge in [0.15, 0.2) is 0 Å². The van der Waals surface area contributed by atoms with Crippen LogP contribution in [0.25, 0.3) is 0 Å². The van der Waals surface area contributed by atoms with Crippen LogP contribution in [0.1, 0.15) is 6.42 Å². The molecule has 1 aliphatic heterocycles. The fraction of sp³-hybridized carbons (Fsp3) is 0.400. The lowest BCUT2D eigenvalue weighted by Gasteiger charge is -1.88. The lowest BCUT2D eigenvalue weighted by molar-refractivity contribution is 0.998. The number of dihydropyridines is 1. The van der Waals surface area contributed by atoms with E-state index in [1.54, 1.807) is 6.21 Å². The number of hydrogen-bond acceptors (Lipinski definition) is 1. The molecule has 31 valence electrons. The number of aliphatic imine (C=N–C) groups is 1. The van der Waals surface area contributed by atoms with Crippen molar-refractivity contribution in [1.29, 1.82) is 0 Å². The van der Waals surface area contributed by atoms with Gasteiger partial charge < -0.3 is 0 Å². The van der Waals surface area contributed by atoms with Crippen LogP contribution in [-0.4, -0.2) is 12.8 Å². The van der Waals surface area contributed by atoms with Gasteiger partial charge in [-0.2, -0.15) is 0 Å². The molecule has 0 N–H and O–H groups in total. The van der Waals surface area contributed by atoms with E-state index in [4.69, 9.17) is 0 Å². The molecule has 0 aromatic heterocycles. The second-order valence-corrected chi connectivity index (χ2v) is 1.19. The summed E-state index contributed by atoms with van der Waals surface area (Å²) in [5.74, 6) is 0. The number of hydrogen-bond donors (Lipinski definition) is 0. The minimum Gasteiger partial charge on any atom is -0.292 e. The van der Waals surface area contributed by atoms with Crippen LogP contribution in [0.15, 0.2) is 11.1 Å². The lowest BCUT2D eigenvalue weighted by atomic mass is 10.3. The Hall–Kier alpha value is -0.590. The topological polar surface area (TPSA) is 12.4 Å². The zero-order chi connectivity index (χ0) is 4.24. The lowest BCUT2D eigenvalue weighted by Crippen LogP contribution is -1.82. The quantitative estimate of drug-likeness (QED) is 0.408. The summed E-state index contributed by atoms with van der Waals surface area (Å²) in [5.41, 5.74) is 0. The van der Waals surface area contributed by atoms with Crippen molar-refractivity contribution in [3.8, 4) is 0 Å². The summed E-state index contributed by atoms with van der Waals surface area (Å²) in [6.07, 6.45) is 7.64. The van der Waals surface area contributed by atoms with Crippen molar-refractivity contribution in [1.82, 2.24) is 0 Å². The highest BCUT2D eigenvalue weighted by Crippen LogP contribution is 1.86. The highest BCUT2D eigenvalue weighted by Gasteiger charge is 1.78. The van der Waals surface area contributed by atoms with E-state index in [1.165, 1.54) is 0 Å². The molecular weight excluding hydrogens is 74.1 g/mol. The largest absolute Gasteiger partial charge is 0.292 e. The smallest absolute Gasteiger partial charge is 0.0424 e. The molecule has 0 saturated heterocycles. The van der Waals surface area contributed by atoms with E-state index >= 15 is 0 Å². The molecule has 1 rings (SSSR count). The second-order valence-electron chi connectivity index (χ2n) is 1.19. The summed E-state index contributed by atoms with van der Waals surface area (Å²) < 4.78 is 0. The molecule has 0 bridgehead atoms. The SMILES string of the molecule is [C]1=CCCN=C1. The predicted molar refractivity (Wildman–Crippen MR) is 25.8 cm³/mol. The molecule has 0 saturated carbocycles. The van der Waals surface area contributed by atoms with E-state index in [-0.39, 0.29) is 0 Å². The summed E-state index contributed by atoms with van der Waals surface area (Å²) in [7, 11) is 0. The highest BCUT2D eigenvalue weighted by atomic mass is 14.7. The Kier molecular flexibility index (Phi) is 1.05. The van der Waals surface area contributed by atoms with Crippen LogP contribution in [0, 0.1) is 6.08 Å². The van der Waals surface area contributed by atoms with Crippen molar-refractivity contribution in [3.05, 3.63) is 12.2 Å². The maximum Gasteiger partial charge on any atom is 0.0424 e. The van der Waals surface area contributed by atoms with Gasteiger partial charge >= 0.3 is 0 Å². The minimum absolute atomic E-state index is 0.951. The first-order chi connectivity index (χ1) is 3.00. The van der Waals surface area contributed by atoms with Crippen LogP contribution in [0.4, 0.5) is 0 Å². The Bertz CT molecular complexity index is 69.9. The van der Waals surface area contributed by atoms with Crippen LogP contribution in [0.3, 0.4) is 0 Å². The molecule has 6 heavy (non-hydrogen) atoms. The van der Waals surface area contributed by atoms with Gasteiger partial charge in [0.2, 0.25) is 0 Å². The van der Waals surface area contributed by atoms with E-state index < -0.39 is 0 Å². The van der Waals surface area contributed by atoms with Crippen molar-refractivity contribution in [2.75, 3.05) is 6.54 Å². The minimum atomic E-state index is 0.951. The van der Waals surface area contributed by atoms with Crippen molar-refractivity contribution >= 4 is 6.21 Å². The van der Waals surface area contributed by atoms with Crippen LogP contribution in [0.2, 0.25) is 0 Å². The van der Waals surface area contributed by atoms with Crippen LogP contribution in [-0.2, 0) is 0 Å². The summed E-state index contributed by atoms with van der Waals surface area (Å²) in [6, 6.07) is 0. The Balaban J connectivity index is 2.46. The molecular formula is C5H6N. The van der Waals surface area contributed by atoms with Gasteiger partial charge in [0.05, 0.1) is 0 Å². The van der Waals surface area contributed by atoms with Crippen molar-refractivity contribution in [3.63, 3.8) is 0 Å². The van der Waals surface area contributed by atoms with Gasteiger partial charge in [-0.25, -0.2) is 0 Å². The monoisotopic (exact) mass is 80.1 g/mol. The van der Waals surface area contributed by atoms with Crippen LogP contribution in [0.5, 0.6) is 0 Å². The third-order valence-electron chi connectivity index (χ3n) is 0.686. The predicted octanol–water partition coefficient (Wildman–Crippen LogP) is 0.820. The van der Waals surface area contributed by atoms with E-state index in [0.29, 0.717) is 0 Å². The summed E-state index contributed by atoms with van der Waals surface area (Å²) in [4.78, 5) is 3.91. The average Bonchev–Trinajstić information content (AvgIpc) is 1.72. The van der Waals surface area contributed by atoms with E-state index in [9.17, 15) is 0 Å². The molecule has 0 aliphatic carbocycles. The van der Waals surface area contributed by atoms with E-state index in [2.05, 4.69) is 11.1 Å². The molecule has 1 heterocycles. The normalized spacial score (nSPS) is 18.7. The fourth-order valence-electron chi connectivity index (χ4n) is 0.392. The number of allylic oxidation sites excluding steroid dienone is 1. The summed E-state index contributed by atoms with van der Waals surface area (Å²) in [5, 5.41) is 0. The first-order valence-electron chi connectivity index (χ1n) is 2.06. The highest BCUT2D eigenvalue weighted by molar-refractivity contribution is 5.66. The molecule has 0 fully saturated rings. The van der Waals surface area contributed by atoms with Gasteiger partial charge in [-0.15, -0.1) is 0 Å². The molecule has 1 nitrogen and oxygen atoms in total. The molecule has 1 radical (unpaired) electrons. The molecule has 0 amide bonds. The van der Waals surface area contributed by atoms with Gasteiger partial charge in [0, 0.05) is 12.8 Å². The van der Waals surface area contributed by atoms with Gasteiger partial charge in [0.25, 0.3) is 0 Å². The van der Waals surface area contributed by atoms with Gasteiger partial charge in [-0.1, -0.05) is 6.08 Å². The zero-order valence-electron chi connectivity index (χ0n) is 3.52. The van der Waals surface area contributed by atoms with Crippen molar-refractivity contribution < 1.29 is 0 Å². The Labute approximate surface area is 37.4 Å². The van der Waals surface area contributed by atoms with Crippen molar-refractivity contribution in [2.45, 2.75) is 6.42 Å². The van der Waals surface area contributed by atoms with E-state index in [1.807, 2.05) is 6.08 Å². The first kappa shape index (κ1) is 3.59. The van der Waals surface area contributed by atoms with Crippen LogP contribution >= 0.6 is 0 Å². The third kappa shape index (κ3) is 0.677. The molecule has 0 unspecified atom stereocenters. The third-order valence-corrected chi connectivity index (χ3v) is 0.686. The molecule has 0 atom stereocenters. The standard InChI is InChI=1S/C5H6N/c1-2-4-6-5-3-1/h1,5H,2,4H2. The Morgan fingerprint density at radius 2 is 2.67 bits per heavy atom. The average molecular weight is 80.1 g/mol. The van der Waals surface area contributed by atoms with Gasteiger partial charge in [0.1, 0.15) is 0 Å². The maximum absolute atomic E-state index is 3.91. The number of nitrogens with zero attached hydrogens (tertiary/aromatic N) is 1. The van der Waals surface area contributed by atoms with Crippen molar-refractivity contribution in [2.24, 2.45) is 4.99 Å². The second kappa shape index (κ2) is 1.75. The van der Waals surface area contributed by atoms with E-state index in [0.717, 1.165) is 13.0 Å². The van der Waals surface area contributed by atoms with Gasteiger partial charge in [-0.3, -0.25) is 4.99 Å². The molecule has 0 aromatic carbocycles. The molecule has 0 spiro atoms. The Morgan fingerprint density at radius 3 is 2.83 bits per heavy atom. The number of rotatable bonds is 0. The van der Waals surface area contributed by atoms with Crippen LogP contribution < -0.4 is 0 Å². The first-order valence-corrected chi connectivity index (χ1v) is 2.06. The molecule has 0 aromatic rings. The molecule has 1 aliphatic rings. The maximum atomic E-state index is 3.91. The zero-order valence-corrected chi connectivity index (χ0v) is 3.52. The Morgan fingerprint density at radius 1 is 1.67 bits per heavy atom. The fourth-order valence-corrected chi connectivity index (χ4v) is 0.392. The molecule has 1 heteroatoms. The summed E-state index contributed by atoms with van der Waals surface area (Å²) in [6.45, 7) is 0.951.